The third kappa shape index (κ3) is 3.31. The molecule has 18 heavy (non-hydrogen) atoms. The highest BCUT2D eigenvalue weighted by Gasteiger charge is 2.31. The smallest absolute Gasteiger partial charge is 0.302 e. The van der Waals surface area contributed by atoms with Crippen LogP contribution in [0.25, 0.3) is 0 Å². The van der Waals surface area contributed by atoms with Crippen LogP contribution in [0, 0.1) is 0 Å². The van der Waals surface area contributed by atoms with E-state index in [2.05, 4.69) is 19.1 Å². The number of hydrogen-bond acceptors (Lipinski definition) is 4. The molecule has 3 atom stereocenters. The van der Waals surface area contributed by atoms with E-state index < -0.39 is 0 Å². The van der Waals surface area contributed by atoms with E-state index in [1.54, 1.807) is 0 Å². The lowest BCUT2D eigenvalue weighted by Crippen LogP contribution is -2.22. The zero-order valence-corrected chi connectivity index (χ0v) is 10.7. The predicted octanol–water partition coefficient (Wildman–Crippen LogP) is 2.09. The number of carbonyl (C=O) groups is 1. The van der Waals surface area contributed by atoms with Gasteiger partial charge < -0.3 is 14.2 Å². The molecule has 4 heteroatoms. The first-order chi connectivity index (χ1) is 8.66. The average Bonchev–Trinajstić information content (AvgIpc) is 2.85. The van der Waals surface area contributed by atoms with Gasteiger partial charge in [0.15, 0.2) is 6.29 Å². The van der Waals surface area contributed by atoms with Crippen LogP contribution in [0.4, 0.5) is 0 Å². The highest BCUT2D eigenvalue weighted by Crippen LogP contribution is 2.27. The molecule has 0 aromatic heterocycles. The molecule has 1 aliphatic rings. The first-order valence-corrected chi connectivity index (χ1v) is 6.12. The van der Waals surface area contributed by atoms with Gasteiger partial charge in [0, 0.05) is 12.8 Å². The molecule has 0 aliphatic carbocycles. The summed E-state index contributed by atoms with van der Waals surface area (Å²) in [5.74, 6) is -0.133. The molecule has 1 heterocycles. The van der Waals surface area contributed by atoms with Crippen LogP contribution in [0.3, 0.4) is 0 Å². The Morgan fingerprint density at radius 1 is 1.44 bits per heavy atom. The molecule has 1 aromatic carbocycles. The second-order valence-electron chi connectivity index (χ2n) is 4.46. The van der Waals surface area contributed by atoms with Gasteiger partial charge in [-0.05, 0) is 5.56 Å². The van der Waals surface area contributed by atoms with Gasteiger partial charge in [0.25, 0.3) is 0 Å². The molecule has 1 aromatic rings. The normalized spacial score (nSPS) is 24.8. The van der Waals surface area contributed by atoms with E-state index in [0.717, 1.165) is 0 Å². The molecule has 0 bridgehead atoms. The standard InChI is InChI=1S/C14H18O4/c1-10(12-6-4-3-5-7-12)14-17-9-13(18-14)8-16-11(2)15/h3-7,10,13-14H,8-9H2,1-2H3. The quantitative estimate of drug-likeness (QED) is 0.768. The van der Waals surface area contributed by atoms with Gasteiger partial charge in [0.1, 0.15) is 12.7 Å². The van der Waals surface area contributed by atoms with Crippen molar-refractivity contribution in [2.45, 2.75) is 32.2 Å². The molecular formula is C14H18O4. The Morgan fingerprint density at radius 2 is 2.17 bits per heavy atom. The molecule has 0 saturated carbocycles. The van der Waals surface area contributed by atoms with Gasteiger partial charge in [-0.15, -0.1) is 0 Å². The van der Waals surface area contributed by atoms with Gasteiger partial charge in [-0.3, -0.25) is 4.79 Å². The van der Waals surface area contributed by atoms with Crippen LogP contribution in [0.15, 0.2) is 30.3 Å². The third-order valence-corrected chi connectivity index (χ3v) is 2.98. The molecule has 0 N–H and O–H groups in total. The zero-order chi connectivity index (χ0) is 13.0. The topological polar surface area (TPSA) is 44.8 Å². The van der Waals surface area contributed by atoms with Gasteiger partial charge in [-0.25, -0.2) is 0 Å². The largest absolute Gasteiger partial charge is 0.463 e. The van der Waals surface area contributed by atoms with E-state index >= 15 is 0 Å². The number of hydrogen-bond donors (Lipinski definition) is 0. The van der Waals surface area contributed by atoms with Crippen molar-refractivity contribution in [2.75, 3.05) is 13.2 Å². The fraction of sp³-hybridized carbons (Fsp3) is 0.500. The number of carbonyl (C=O) groups excluding carboxylic acids is 1. The lowest BCUT2D eigenvalue weighted by atomic mass is 10.0. The van der Waals surface area contributed by atoms with E-state index in [9.17, 15) is 4.79 Å². The van der Waals surface area contributed by atoms with Crippen LogP contribution in [-0.4, -0.2) is 31.6 Å². The summed E-state index contributed by atoms with van der Waals surface area (Å²) in [7, 11) is 0. The van der Waals surface area contributed by atoms with Crippen LogP contribution in [0.1, 0.15) is 25.3 Å². The SMILES string of the molecule is CC(=O)OCC1COC(C(C)c2ccccc2)O1. The Bertz CT molecular complexity index is 390. The summed E-state index contributed by atoms with van der Waals surface area (Å²) in [5, 5.41) is 0. The summed E-state index contributed by atoms with van der Waals surface area (Å²) in [6, 6.07) is 10.1. The van der Waals surface area contributed by atoms with Crippen molar-refractivity contribution in [3.8, 4) is 0 Å². The fourth-order valence-electron chi connectivity index (χ4n) is 1.94. The van der Waals surface area contributed by atoms with E-state index in [1.165, 1.54) is 12.5 Å². The van der Waals surface area contributed by atoms with Crippen LogP contribution in [0.5, 0.6) is 0 Å². The minimum atomic E-state index is -0.293. The van der Waals surface area contributed by atoms with Crippen LogP contribution in [0.2, 0.25) is 0 Å². The average molecular weight is 250 g/mol. The van der Waals surface area contributed by atoms with Gasteiger partial charge in [0.05, 0.1) is 6.61 Å². The third-order valence-electron chi connectivity index (χ3n) is 2.98. The molecule has 0 amide bonds. The molecule has 98 valence electrons. The molecule has 1 saturated heterocycles. The lowest BCUT2D eigenvalue weighted by Gasteiger charge is -2.19. The van der Waals surface area contributed by atoms with Crippen LogP contribution < -0.4 is 0 Å². The van der Waals surface area contributed by atoms with Crippen molar-refractivity contribution in [3.05, 3.63) is 35.9 Å². The Kier molecular flexibility index (Phi) is 4.33. The Morgan fingerprint density at radius 3 is 2.83 bits per heavy atom. The van der Waals surface area contributed by atoms with E-state index in [0.29, 0.717) is 6.61 Å². The molecular weight excluding hydrogens is 232 g/mol. The highest BCUT2D eigenvalue weighted by molar-refractivity contribution is 5.65. The van der Waals surface area contributed by atoms with Crippen molar-refractivity contribution in [1.29, 1.82) is 0 Å². The Balaban J connectivity index is 1.87. The second-order valence-corrected chi connectivity index (χ2v) is 4.46. The molecule has 3 unspecified atom stereocenters. The van der Waals surface area contributed by atoms with E-state index in [4.69, 9.17) is 14.2 Å². The molecule has 0 spiro atoms. The Hall–Kier alpha value is -1.39. The maximum Gasteiger partial charge on any atom is 0.302 e. The first kappa shape index (κ1) is 13.1. The minimum absolute atomic E-state index is 0.161. The van der Waals surface area contributed by atoms with Crippen molar-refractivity contribution in [3.63, 3.8) is 0 Å². The summed E-state index contributed by atoms with van der Waals surface area (Å²) in [6.07, 6.45) is -0.432. The lowest BCUT2D eigenvalue weighted by molar-refractivity contribution is -0.145. The summed E-state index contributed by atoms with van der Waals surface area (Å²) < 4.78 is 16.2. The zero-order valence-electron chi connectivity index (χ0n) is 10.7. The monoisotopic (exact) mass is 250 g/mol. The van der Waals surface area contributed by atoms with Crippen molar-refractivity contribution >= 4 is 5.97 Å². The number of ether oxygens (including phenoxy) is 3. The molecule has 1 fully saturated rings. The minimum Gasteiger partial charge on any atom is -0.463 e. The molecule has 0 radical (unpaired) electrons. The first-order valence-electron chi connectivity index (χ1n) is 6.12. The number of rotatable bonds is 4. The summed E-state index contributed by atoms with van der Waals surface area (Å²) >= 11 is 0. The Labute approximate surface area is 107 Å². The number of esters is 1. The van der Waals surface area contributed by atoms with Gasteiger partial charge in [0.2, 0.25) is 0 Å². The van der Waals surface area contributed by atoms with E-state index in [-0.39, 0.29) is 30.9 Å². The number of benzene rings is 1. The predicted molar refractivity (Wildman–Crippen MR) is 66.1 cm³/mol. The van der Waals surface area contributed by atoms with Crippen LogP contribution >= 0.6 is 0 Å². The van der Waals surface area contributed by atoms with Crippen molar-refractivity contribution < 1.29 is 19.0 Å². The maximum absolute atomic E-state index is 10.7. The molecule has 2 rings (SSSR count). The van der Waals surface area contributed by atoms with Crippen LogP contribution in [-0.2, 0) is 19.0 Å². The summed E-state index contributed by atoms with van der Waals surface area (Å²) in [5.41, 5.74) is 1.18. The van der Waals surface area contributed by atoms with Crippen molar-refractivity contribution in [1.82, 2.24) is 0 Å². The summed E-state index contributed by atoms with van der Waals surface area (Å²) in [4.78, 5) is 10.7. The maximum atomic E-state index is 10.7. The van der Waals surface area contributed by atoms with E-state index in [1.807, 2.05) is 18.2 Å². The fourth-order valence-corrected chi connectivity index (χ4v) is 1.94. The van der Waals surface area contributed by atoms with Gasteiger partial charge in [-0.1, -0.05) is 37.3 Å². The highest BCUT2D eigenvalue weighted by atomic mass is 16.7. The summed E-state index contributed by atoms with van der Waals surface area (Å²) in [6.45, 7) is 4.18. The molecule has 4 nitrogen and oxygen atoms in total. The molecule has 1 aliphatic heterocycles. The van der Waals surface area contributed by atoms with Crippen molar-refractivity contribution in [2.24, 2.45) is 0 Å². The second kappa shape index (κ2) is 5.98. The van der Waals surface area contributed by atoms with Gasteiger partial charge >= 0.3 is 5.97 Å². The van der Waals surface area contributed by atoms with Gasteiger partial charge in [-0.2, -0.15) is 0 Å².